The van der Waals surface area contributed by atoms with Gasteiger partial charge in [0.25, 0.3) is 11.5 Å². The van der Waals surface area contributed by atoms with Crippen LogP contribution in [0.4, 0.5) is 0 Å². The van der Waals surface area contributed by atoms with Crippen molar-refractivity contribution < 1.29 is 9.21 Å². The van der Waals surface area contributed by atoms with Crippen molar-refractivity contribution in [2.75, 3.05) is 5.75 Å². The van der Waals surface area contributed by atoms with Gasteiger partial charge in [-0.2, -0.15) is 5.10 Å². The molecule has 2 aromatic heterocycles. The number of carbonyl (C=O) groups excluding carboxylic acids is 1. The summed E-state index contributed by atoms with van der Waals surface area (Å²) < 4.78 is 6.65. The number of hydrogen-bond acceptors (Lipinski definition) is 6. The SMILES string of the molecule is Cc1ccc(-n2c(SCC(=O)N/N=C/c3ccco3)nc3ccccc3c2=O)cc1. The quantitative estimate of drug-likeness (QED) is 0.224. The van der Waals surface area contributed by atoms with Crippen molar-refractivity contribution in [3.8, 4) is 5.69 Å². The van der Waals surface area contributed by atoms with E-state index in [0.29, 0.717) is 27.5 Å². The van der Waals surface area contributed by atoms with E-state index >= 15 is 0 Å². The first-order chi connectivity index (χ1) is 14.6. The first-order valence-electron chi connectivity index (χ1n) is 9.19. The normalized spacial score (nSPS) is 11.2. The standard InChI is InChI=1S/C22H18N4O3S/c1-15-8-10-16(11-9-15)26-21(28)18-6-2-3-7-19(18)24-22(26)30-14-20(27)25-23-13-17-5-4-12-29-17/h2-13H,14H2,1H3,(H,25,27)/b23-13+. The minimum absolute atomic E-state index is 0.0478. The highest BCUT2D eigenvalue weighted by atomic mass is 32.2. The third kappa shape index (κ3) is 4.33. The Balaban J connectivity index is 1.60. The van der Waals surface area contributed by atoms with Gasteiger partial charge in [0.2, 0.25) is 0 Å². The molecule has 1 N–H and O–H groups in total. The highest BCUT2D eigenvalue weighted by Crippen LogP contribution is 2.21. The number of aryl methyl sites for hydroxylation is 1. The van der Waals surface area contributed by atoms with Crippen molar-refractivity contribution in [1.29, 1.82) is 0 Å². The lowest BCUT2D eigenvalue weighted by atomic mass is 10.2. The number of hydrogen-bond donors (Lipinski definition) is 1. The number of thioether (sulfide) groups is 1. The number of carbonyl (C=O) groups is 1. The Morgan fingerprint density at radius 2 is 1.97 bits per heavy atom. The minimum atomic E-state index is -0.319. The van der Waals surface area contributed by atoms with Gasteiger partial charge in [-0.15, -0.1) is 0 Å². The molecule has 8 heteroatoms. The van der Waals surface area contributed by atoms with E-state index < -0.39 is 0 Å². The predicted octanol–water partition coefficient (Wildman–Crippen LogP) is 3.53. The molecule has 2 aromatic carbocycles. The summed E-state index contributed by atoms with van der Waals surface area (Å²) in [5, 5.41) is 4.82. The molecule has 2 heterocycles. The molecular weight excluding hydrogens is 400 g/mol. The summed E-state index contributed by atoms with van der Waals surface area (Å²) in [5.41, 5.74) is 4.64. The van der Waals surface area contributed by atoms with E-state index in [1.165, 1.54) is 28.8 Å². The van der Waals surface area contributed by atoms with Gasteiger partial charge in [0.1, 0.15) is 5.76 Å². The Kier molecular flexibility index (Phi) is 5.76. The Hall–Kier alpha value is -3.65. The largest absolute Gasteiger partial charge is 0.463 e. The number of benzene rings is 2. The van der Waals surface area contributed by atoms with Crippen molar-refractivity contribution in [3.63, 3.8) is 0 Å². The number of aromatic nitrogens is 2. The average molecular weight is 418 g/mol. The topological polar surface area (TPSA) is 89.5 Å². The van der Waals surface area contributed by atoms with Crippen LogP contribution >= 0.6 is 11.8 Å². The first kappa shape index (κ1) is 19.7. The molecule has 0 aliphatic heterocycles. The van der Waals surface area contributed by atoms with E-state index in [9.17, 15) is 9.59 Å². The van der Waals surface area contributed by atoms with Crippen molar-refractivity contribution >= 4 is 34.8 Å². The molecule has 0 saturated heterocycles. The van der Waals surface area contributed by atoms with Crippen LogP contribution in [0.1, 0.15) is 11.3 Å². The van der Waals surface area contributed by atoms with E-state index in [1.54, 1.807) is 24.3 Å². The number of para-hydroxylation sites is 1. The van der Waals surface area contributed by atoms with Gasteiger partial charge in [0.15, 0.2) is 5.16 Å². The van der Waals surface area contributed by atoms with Crippen LogP contribution in [0, 0.1) is 6.92 Å². The van der Waals surface area contributed by atoms with E-state index in [2.05, 4.69) is 15.5 Å². The number of amides is 1. The van der Waals surface area contributed by atoms with Gasteiger partial charge in [-0.1, -0.05) is 41.6 Å². The second-order valence-corrected chi connectivity index (χ2v) is 7.43. The summed E-state index contributed by atoms with van der Waals surface area (Å²) in [6, 6.07) is 18.2. The number of hydrazone groups is 1. The smallest absolute Gasteiger partial charge is 0.266 e. The Bertz CT molecular complexity index is 1260. The van der Waals surface area contributed by atoms with E-state index in [-0.39, 0.29) is 17.2 Å². The summed E-state index contributed by atoms with van der Waals surface area (Å²) in [4.78, 5) is 30.0. The fourth-order valence-electron chi connectivity index (χ4n) is 2.83. The molecule has 0 fully saturated rings. The summed E-state index contributed by atoms with van der Waals surface area (Å²) in [5.74, 6) is 0.264. The van der Waals surface area contributed by atoms with Crippen molar-refractivity contribution in [2.24, 2.45) is 5.10 Å². The van der Waals surface area contributed by atoms with Crippen molar-refractivity contribution in [1.82, 2.24) is 15.0 Å². The average Bonchev–Trinajstić information content (AvgIpc) is 3.27. The number of nitrogens with one attached hydrogen (secondary N) is 1. The number of rotatable bonds is 6. The van der Waals surface area contributed by atoms with Gasteiger partial charge in [-0.05, 0) is 43.3 Å². The molecule has 0 radical (unpaired) electrons. The van der Waals surface area contributed by atoms with Crippen LogP contribution in [0.25, 0.3) is 16.6 Å². The number of fused-ring (bicyclic) bond motifs is 1. The number of furan rings is 1. The van der Waals surface area contributed by atoms with E-state index in [4.69, 9.17) is 4.42 Å². The van der Waals surface area contributed by atoms with Gasteiger partial charge >= 0.3 is 0 Å². The molecule has 4 aromatic rings. The molecule has 0 atom stereocenters. The lowest BCUT2D eigenvalue weighted by Gasteiger charge is -2.13. The second kappa shape index (κ2) is 8.79. The maximum absolute atomic E-state index is 13.2. The molecule has 1 amide bonds. The van der Waals surface area contributed by atoms with Crippen LogP contribution in [-0.2, 0) is 4.79 Å². The molecule has 0 aliphatic carbocycles. The van der Waals surface area contributed by atoms with Crippen LogP contribution in [0.5, 0.6) is 0 Å². The van der Waals surface area contributed by atoms with Gasteiger partial charge < -0.3 is 4.42 Å². The molecule has 30 heavy (non-hydrogen) atoms. The van der Waals surface area contributed by atoms with Crippen LogP contribution in [0.15, 0.2) is 86.4 Å². The van der Waals surface area contributed by atoms with Crippen LogP contribution in [0.3, 0.4) is 0 Å². The van der Waals surface area contributed by atoms with Crippen LogP contribution in [0.2, 0.25) is 0 Å². The Labute approximate surface area is 176 Å². The van der Waals surface area contributed by atoms with Gasteiger partial charge in [0, 0.05) is 0 Å². The summed E-state index contributed by atoms with van der Waals surface area (Å²) >= 11 is 1.17. The van der Waals surface area contributed by atoms with Crippen molar-refractivity contribution in [2.45, 2.75) is 12.1 Å². The number of nitrogens with zero attached hydrogens (tertiary/aromatic N) is 3. The Morgan fingerprint density at radius 3 is 2.73 bits per heavy atom. The van der Waals surface area contributed by atoms with Crippen molar-refractivity contribution in [3.05, 3.63) is 88.6 Å². The molecule has 4 rings (SSSR count). The van der Waals surface area contributed by atoms with Gasteiger partial charge in [-0.25, -0.2) is 10.4 Å². The molecule has 150 valence electrons. The Morgan fingerprint density at radius 1 is 1.17 bits per heavy atom. The van der Waals surface area contributed by atoms with Crippen LogP contribution < -0.4 is 11.0 Å². The maximum Gasteiger partial charge on any atom is 0.266 e. The molecule has 0 saturated carbocycles. The fourth-order valence-corrected chi connectivity index (χ4v) is 3.63. The predicted molar refractivity (Wildman–Crippen MR) is 117 cm³/mol. The first-order valence-corrected chi connectivity index (χ1v) is 10.2. The lowest BCUT2D eigenvalue weighted by Crippen LogP contribution is -2.24. The third-order valence-corrected chi connectivity index (χ3v) is 5.23. The maximum atomic E-state index is 13.2. The third-order valence-electron chi connectivity index (χ3n) is 4.29. The van der Waals surface area contributed by atoms with E-state index in [0.717, 1.165) is 5.56 Å². The monoisotopic (exact) mass is 418 g/mol. The zero-order valence-electron chi connectivity index (χ0n) is 16.1. The lowest BCUT2D eigenvalue weighted by molar-refractivity contribution is -0.118. The second-order valence-electron chi connectivity index (χ2n) is 6.48. The molecule has 0 aliphatic rings. The van der Waals surface area contributed by atoms with E-state index in [1.807, 2.05) is 43.3 Å². The zero-order chi connectivity index (χ0) is 20.9. The molecule has 0 spiro atoms. The van der Waals surface area contributed by atoms with Gasteiger partial charge in [-0.3, -0.25) is 14.2 Å². The summed E-state index contributed by atoms with van der Waals surface area (Å²) in [7, 11) is 0. The zero-order valence-corrected chi connectivity index (χ0v) is 16.9. The summed E-state index contributed by atoms with van der Waals surface area (Å²) in [6.07, 6.45) is 2.94. The summed E-state index contributed by atoms with van der Waals surface area (Å²) in [6.45, 7) is 1.98. The highest BCUT2D eigenvalue weighted by molar-refractivity contribution is 7.99. The molecule has 7 nitrogen and oxygen atoms in total. The molecule has 0 unspecified atom stereocenters. The highest BCUT2D eigenvalue weighted by Gasteiger charge is 2.14. The molecule has 0 bridgehead atoms. The minimum Gasteiger partial charge on any atom is -0.463 e. The fraction of sp³-hybridized carbons (Fsp3) is 0.0909. The van der Waals surface area contributed by atoms with Gasteiger partial charge in [0.05, 0.1) is 34.8 Å². The van der Waals surface area contributed by atoms with Crippen LogP contribution in [-0.4, -0.2) is 27.4 Å². The molecular formula is C22H18N4O3S.